The maximum atomic E-state index is 9.42. The van der Waals surface area contributed by atoms with E-state index >= 15 is 0 Å². The van der Waals surface area contributed by atoms with Crippen molar-refractivity contribution in [3.63, 3.8) is 0 Å². The quantitative estimate of drug-likeness (QED) is 0.607. The Balaban J connectivity index is 2.83. The molecule has 0 radical (unpaired) electrons. The number of rotatable bonds is 1. The van der Waals surface area contributed by atoms with Gasteiger partial charge in [0.15, 0.2) is 0 Å². The van der Waals surface area contributed by atoms with Gasteiger partial charge in [0.25, 0.3) is 0 Å². The van der Waals surface area contributed by atoms with Crippen molar-refractivity contribution >= 4 is 0 Å². The molecular formula is C9H13NO2. The van der Waals surface area contributed by atoms with Gasteiger partial charge in [-0.05, 0) is 6.08 Å². The first-order valence-electron chi connectivity index (χ1n) is 3.74. The molecule has 1 aliphatic rings. The molecule has 3 heteroatoms. The van der Waals surface area contributed by atoms with Gasteiger partial charge in [0, 0.05) is 25.9 Å². The lowest BCUT2D eigenvalue weighted by Gasteiger charge is -2.16. The van der Waals surface area contributed by atoms with Crippen LogP contribution in [0.1, 0.15) is 0 Å². The van der Waals surface area contributed by atoms with Gasteiger partial charge in [-0.1, -0.05) is 12.2 Å². The van der Waals surface area contributed by atoms with Crippen LogP contribution in [0.15, 0.2) is 35.8 Å². The van der Waals surface area contributed by atoms with E-state index in [1.165, 1.54) is 6.08 Å². The summed E-state index contributed by atoms with van der Waals surface area (Å²) in [7, 11) is 3.73. The minimum Gasteiger partial charge on any atom is -0.509 e. The molecule has 12 heavy (non-hydrogen) atoms. The second-order valence-corrected chi connectivity index (χ2v) is 2.95. The molecule has 0 aromatic heterocycles. The first-order chi connectivity index (χ1) is 5.61. The normalized spacial score (nSPS) is 25.8. The summed E-state index contributed by atoms with van der Waals surface area (Å²) in [6, 6.07) is 0. The van der Waals surface area contributed by atoms with Crippen LogP contribution in [0.3, 0.4) is 0 Å². The molecule has 66 valence electrons. The average molecular weight is 167 g/mol. The highest BCUT2D eigenvalue weighted by atomic mass is 16.3. The lowest BCUT2D eigenvalue weighted by molar-refractivity contribution is 0.183. The van der Waals surface area contributed by atoms with Gasteiger partial charge in [0.1, 0.15) is 11.9 Å². The topological polar surface area (TPSA) is 43.7 Å². The molecule has 2 N–H and O–H groups in total. The zero-order valence-corrected chi connectivity index (χ0v) is 7.23. The highest BCUT2D eigenvalue weighted by molar-refractivity contribution is 5.36. The zero-order chi connectivity index (χ0) is 9.14. The maximum absolute atomic E-state index is 9.42. The fourth-order valence-corrected chi connectivity index (χ4v) is 1.02. The van der Waals surface area contributed by atoms with E-state index in [2.05, 4.69) is 0 Å². The molecule has 1 rings (SSSR count). The van der Waals surface area contributed by atoms with Crippen molar-refractivity contribution in [2.75, 3.05) is 14.1 Å². The largest absolute Gasteiger partial charge is 0.509 e. The second-order valence-electron chi connectivity index (χ2n) is 2.95. The maximum Gasteiger partial charge on any atom is 0.137 e. The summed E-state index contributed by atoms with van der Waals surface area (Å²) in [4.78, 5) is 1.82. The first-order valence-corrected chi connectivity index (χ1v) is 3.74. The van der Waals surface area contributed by atoms with Gasteiger partial charge in [0.05, 0.1) is 0 Å². The zero-order valence-electron chi connectivity index (χ0n) is 7.23. The lowest BCUT2D eigenvalue weighted by atomic mass is 10.0. The van der Waals surface area contributed by atoms with E-state index in [-0.39, 0.29) is 5.76 Å². The molecule has 0 bridgehead atoms. The van der Waals surface area contributed by atoms with E-state index in [9.17, 15) is 5.11 Å². The Morgan fingerprint density at radius 2 is 2.17 bits per heavy atom. The van der Waals surface area contributed by atoms with Gasteiger partial charge in [-0.25, -0.2) is 0 Å². The van der Waals surface area contributed by atoms with Gasteiger partial charge < -0.3 is 15.1 Å². The number of nitrogens with zero attached hydrogens (tertiary/aromatic N) is 1. The van der Waals surface area contributed by atoms with Crippen LogP contribution in [-0.2, 0) is 0 Å². The summed E-state index contributed by atoms with van der Waals surface area (Å²) in [5.74, 6) is -0.00870. The van der Waals surface area contributed by atoms with E-state index in [1.54, 1.807) is 18.4 Å². The third-order valence-electron chi connectivity index (χ3n) is 1.56. The van der Waals surface area contributed by atoms with Gasteiger partial charge >= 0.3 is 0 Å². The Kier molecular flexibility index (Phi) is 2.55. The molecule has 0 saturated heterocycles. The summed E-state index contributed by atoms with van der Waals surface area (Å²) < 4.78 is 0. The van der Waals surface area contributed by atoms with E-state index in [0.717, 1.165) is 0 Å². The van der Waals surface area contributed by atoms with Crippen LogP contribution in [0.5, 0.6) is 0 Å². The smallest absolute Gasteiger partial charge is 0.137 e. The number of aliphatic hydroxyl groups is 2. The predicted octanol–water partition coefficient (Wildman–Crippen LogP) is 0.804. The van der Waals surface area contributed by atoms with Crippen LogP contribution < -0.4 is 0 Å². The van der Waals surface area contributed by atoms with E-state index in [1.807, 2.05) is 19.0 Å². The molecule has 0 aromatic carbocycles. The predicted molar refractivity (Wildman–Crippen MR) is 47.6 cm³/mol. The first kappa shape index (κ1) is 8.87. The van der Waals surface area contributed by atoms with Crippen molar-refractivity contribution < 1.29 is 10.2 Å². The minimum atomic E-state index is -0.877. The van der Waals surface area contributed by atoms with Crippen molar-refractivity contribution in [3.8, 4) is 0 Å². The summed E-state index contributed by atoms with van der Waals surface area (Å²) in [5.41, 5.74) is 0.694. The Hall–Kier alpha value is -1.22. The highest BCUT2D eigenvalue weighted by Gasteiger charge is 2.15. The summed E-state index contributed by atoms with van der Waals surface area (Å²) in [5, 5.41) is 18.6. The Labute approximate surface area is 71.9 Å². The minimum absolute atomic E-state index is 0.00870. The molecule has 0 amide bonds. The van der Waals surface area contributed by atoms with Crippen molar-refractivity contribution in [1.29, 1.82) is 0 Å². The van der Waals surface area contributed by atoms with Crippen LogP contribution in [0.4, 0.5) is 0 Å². The van der Waals surface area contributed by atoms with Gasteiger partial charge in [-0.3, -0.25) is 0 Å². The Morgan fingerprint density at radius 1 is 1.50 bits per heavy atom. The van der Waals surface area contributed by atoms with Crippen molar-refractivity contribution in [2.45, 2.75) is 6.10 Å². The van der Waals surface area contributed by atoms with Gasteiger partial charge in [-0.2, -0.15) is 0 Å². The third-order valence-corrected chi connectivity index (χ3v) is 1.56. The van der Waals surface area contributed by atoms with E-state index in [0.29, 0.717) is 5.57 Å². The van der Waals surface area contributed by atoms with Crippen LogP contribution in [0.2, 0.25) is 0 Å². The van der Waals surface area contributed by atoms with Gasteiger partial charge in [-0.15, -0.1) is 0 Å². The van der Waals surface area contributed by atoms with Crippen LogP contribution in [-0.4, -0.2) is 35.3 Å². The molecule has 1 atom stereocenters. The van der Waals surface area contributed by atoms with Crippen LogP contribution in [0, 0.1) is 0 Å². The number of hydrogen-bond donors (Lipinski definition) is 2. The Morgan fingerprint density at radius 3 is 2.75 bits per heavy atom. The Bertz CT molecular complexity index is 251. The number of allylic oxidation sites excluding steroid dienone is 2. The molecule has 0 heterocycles. The molecule has 0 aromatic rings. The third kappa shape index (κ3) is 1.89. The molecule has 1 aliphatic carbocycles. The number of aliphatic hydroxyl groups excluding tert-OH is 2. The number of hydrogen-bond acceptors (Lipinski definition) is 3. The molecular weight excluding hydrogens is 154 g/mol. The SMILES string of the molecule is CN(C)/C=C1\C=CC=C(O)C1O. The molecule has 0 spiro atoms. The van der Waals surface area contributed by atoms with E-state index < -0.39 is 6.10 Å². The summed E-state index contributed by atoms with van der Waals surface area (Å²) in [6.07, 6.45) is 5.85. The molecule has 0 saturated carbocycles. The van der Waals surface area contributed by atoms with Crippen LogP contribution in [0.25, 0.3) is 0 Å². The second kappa shape index (κ2) is 3.45. The monoisotopic (exact) mass is 167 g/mol. The lowest BCUT2D eigenvalue weighted by Crippen LogP contribution is -2.17. The molecule has 0 aliphatic heterocycles. The highest BCUT2D eigenvalue weighted by Crippen LogP contribution is 2.16. The molecule has 1 unspecified atom stereocenters. The standard InChI is InChI=1S/C9H13NO2/c1-10(2)6-7-4-3-5-8(11)9(7)12/h3-6,9,11-12H,1-2H3/b7-6+. The summed E-state index contributed by atoms with van der Waals surface area (Å²) >= 11 is 0. The van der Waals surface area contributed by atoms with Crippen molar-refractivity contribution in [1.82, 2.24) is 4.90 Å². The van der Waals surface area contributed by atoms with Crippen molar-refractivity contribution in [2.24, 2.45) is 0 Å². The summed E-state index contributed by atoms with van der Waals surface area (Å²) in [6.45, 7) is 0. The fraction of sp³-hybridized carbons (Fsp3) is 0.333. The average Bonchev–Trinajstić information content (AvgIpc) is 1.98. The van der Waals surface area contributed by atoms with Crippen LogP contribution >= 0.6 is 0 Å². The molecule has 0 fully saturated rings. The van der Waals surface area contributed by atoms with E-state index in [4.69, 9.17) is 5.11 Å². The van der Waals surface area contributed by atoms with Crippen molar-refractivity contribution in [3.05, 3.63) is 35.8 Å². The van der Waals surface area contributed by atoms with Gasteiger partial charge in [0.2, 0.25) is 0 Å². The fourth-order valence-electron chi connectivity index (χ4n) is 1.02. The molecule has 3 nitrogen and oxygen atoms in total.